The topological polar surface area (TPSA) is 39.2 Å². The minimum absolute atomic E-state index is 0.459. The maximum Gasteiger partial charge on any atom is 0.116 e. The number of hydrogen-bond acceptors (Lipinski definition) is 3. The molecule has 1 aromatic rings. The summed E-state index contributed by atoms with van der Waals surface area (Å²) in [6.07, 6.45) is 5.51. The molecule has 1 fully saturated rings. The van der Waals surface area contributed by atoms with Crippen molar-refractivity contribution in [2.75, 3.05) is 5.75 Å². The second kappa shape index (κ2) is 5.08. The molecule has 0 aromatic carbocycles. The molecule has 2 atom stereocenters. The van der Waals surface area contributed by atoms with Crippen molar-refractivity contribution in [2.45, 2.75) is 38.0 Å². The quantitative estimate of drug-likeness (QED) is 0.856. The van der Waals surface area contributed by atoms with Gasteiger partial charge in [-0.05, 0) is 49.5 Å². The van der Waals surface area contributed by atoms with Crippen molar-refractivity contribution >= 4 is 11.8 Å². The van der Waals surface area contributed by atoms with E-state index >= 15 is 0 Å². The maximum atomic E-state index is 5.89. The first kappa shape index (κ1) is 11.1. The second-order valence-corrected chi connectivity index (χ2v) is 5.51. The van der Waals surface area contributed by atoms with Gasteiger partial charge < -0.3 is 10.2 Å². The Morgan fingerprint density at radius 1 is 1.53 bits per heavy atom. The zero-order chi connectivity index (χ0) is 10.7. The smallest absolute Gasteiger partial charge is 0.116 e. The molecule has 0 spiro atoms. The highest BCUT2D eigenvalue weighted by molar-refractivity contribution is 7.98. The van der Waals surface area contributed by atoms with Crippen LogP contribution in [0.15, 0.2) is 16.7 Å². The molecule has 84 valence electrons. The van der Waals surface area contributed by atoms with Crippen molar-refractivity contribution in [3.63, 3.8) is 0 Å². The van der Waals surface area contributed by atoms with Gasteiger partial charge in [-0.25, -0.2) is 0 Å². The summed E-state index contributed by atoms with van der Waals surface area (Å²) in [5.74, 6) is 4.20. The largest absolute Gasteiger partial charge is 0.468 e. The third-order valence-corrected chi connectivity index (χ3v) is 4.31. The van der Waals surface area contributed by atoms with Gasteiger partial charge in [-0.15, -0.1) is 0 Å². The molecule has 15 heavy (non-hydrogen) atoms. The molecule has 1 aromatic heterocycles. The fourth-order valence-corrected chi connectivity index (χ4v) is 3.37. The van der Waals surface area contributed by atoms with E-state index in [-0.39, 0.29) is 0 Å². The minimum atomic E-state index is 0.459. The number of aryl methyl sites for hydroxylation is 1. The molecule has 0 saturated heterocycles. The molecular formula is C12H19NOS. The van der Waals surface area contributed by atoms with Crippen LogP contribution in [-0.4, -0.2) is 11.8 Å². The molecule has 0 bridgehead atoms. The molecule has 1 saturated carbocycles. The van der Waals surface area contributed by atoms with E-state index in [0.717, 1.165) is 17.4 Å². The number of rotatable bonds is 4. The van der Waals surface area contributed by atoms with Gasteiger partial charge in [0.25, 0.3) is 0 Å². The molecule has 1 heterocycles. The summed E-state index contributed by atoms with van der Waals surface area (Å²) in [5.41, 5.74) is 7.16. The van der Waals surface area contributed by atoms with E-state index < -0.39 is 0 Å². The fourth-order valence-electron chi connectivity index (χ4n) is 2.14. The van der Waals surface area contributed by atoms with Crippen molar-refractivity contribution in [1.82, 2.24) is 0 Å². The standard InChI is InChI=1S/C12H19NOS/c1-9-4-5-14-12(9)8-15-7-10-2-3-11(13)6-10/h4-5,10-11H,2-3,6-8,13H2,1H3/t10-,11+/m1/s1. The summed E-state index contributed by atoms with van der Waals surface area (Å²) in [7, 11) is 0. The van der Waals surface area contributed by atoms with Gasteiger partial charge in [0.1, 0.15) is 5.76 Å². The fraction of sp³-hybridized carbons (Fsp3) is 0.667. The van der Waals surface area contributed by atoms with Crippen molar-refractivity contribution in [2.24, 2.45) is 11.7 Å². The highest BCUT2D eigenvalue weighted by Gasteiger charge is 2.21. The van der Waals surface area contributed by atoms with Crippen LogP contribution in [0, 0.1) is 12.8 Å². The maximum absolute atomic E-state index is 5.89. The zero-order valence-electron chi connectivity index (χ0n) is 9.24. The molecule has 3 heteroatoms. The summed E-state index contributed by atoms with van der Waals surface area (Å²) >= 11 is 1.98. The van der Waals surface area contributed by atoms with Crippen molar-refractivity contribution in [1.29, 1.82) is 0 Å². The number of hydrogen-bond donors (Lipinski definition) is 1. The van der Waals surface area contributed by atoms with Crippen molar-refractivity contribution < 1.29 is 4.42 Å². The van der Waals surface area contributed by atoms with E-state index in [4.69, 9.17) is 10.2 Å². The second-order valence-electron chi connectivity index (χ2n) is 4.48. The Kier molecular flexibility index (Phi) is 3.76. The van der Waals surface area contributed by atoms with Crippen LogP contribution in [0.1, 0.15) is 30.6 Å². The summed E-state index contributed by atoms with van der Waals surface area (Å²) < 4.78 is 5.40. The zero-order valence-corrected chi connectivity index (χ0v) is 10.1. The summed E-state index contributed by atoms with van der Waals surface area (Å²) in [6.45, 7) is 2.10. The van der Waals surface area contributed by atoms with Crippen LogP contribution in [0.4, 0.5) is 0 Å². The van der Waals surface area contributed by atoms with Crippen LogP contribution in [-0.2, 0) is 5.75 Å². The Labute approximate surface area is 95.6 Å². The average Bonchev–Trinajstić information content (AvgIpc) is 2.77. The first-order valence-corrected chi connectivity index (χ1v) is 6.77. The van der Waals surface area contributed by atoms with Crippen molar-refractivity contribution in [3.8, 4) is 0 Å². The lowest BCUT2D eigenvalue weighted by Gasteiger charge is -2.08. The van der Waals surface area contributed by atoms with E-state index in [0.29, 0.717) is 6.04 Å². The van der Waals surface area contributed by atoms with Gasteiger partial charge >= 0.3 is 0 Å². The van der Waals surface area contributed by atoms with E-state index in [1.165, 1.54) is 30.6 Å². The third-order valence-electron chi connectivity index (χ3n) is 3.14. The van der Waals surface area contributed by atoms with Gasteiger partial charge in [0.15, 0.2) is 0 Å². The van der Waals surface area contributed by atoms with E-state index in [9.17, 15) is 0 Å². The molecule has 0 aliphatic heterocycles. The van der Waals surface area contributed by atoms with Crippen LogP contribution in [0.5, 0.6) is 0 Å². The van der Waals surface area contributed by atoms with E-state index in [1.807, 2.05) is 17.8 Å². The van der Waals surface area contributed by atoms with Gasteiger partial charge in [0.05, 0.1) is 12.0 Å². The molecular weight excluding hydrogens is 206 g/mol. The van der Waals surface area contributed by atoms with Crippen LogP contribution in [0.3, 0.4) is 0 Å². The van der Waals surface area contributed by atoms with Gasteiger partial charge in [0, 0.05) is 6.04 Å². The minimum Gasteiger partial charge on any atom is -0.468 e. The Morgan fingerprint density at radius 3 is 3.00 bits per heavy atom. The lowest BCUT2D eigenvalue weighted by Crippen LogP contribution is -2.15. The Balaban J connectivity index is 1.69. The Bertz CT molecular complexity index is 310. The predicted molar refractivity (Wildman–Crippen MR) is 64.9 cm³/mol. The molecule has 0 radical (unpaired) electrons. The Morgan fingerprint density at radius 2 is 2.40 bits per heavy atom. The molecule has 1 aliphatic rings. The van der Waals surface area contributed by atoms with Gasteiger partial charge in [-0.2, -0.15) is 11.8 Å². The van der Waals surface area contributed by atoms with Crippen molar-refractivity contribution in [3.05, 3.63) is 23.7 Å². The van der Waals surface area contributed by atoms with Crippen LogP contribution >= 0.6 is 11.8 Å². The van der Waals surface area contributed by atoms with E-state index in [2.05, 4.69) is 6.92 Å². The van der Waals surface area contributed by atoms with Crippen LogP contribution in [0.25, 0.3) is 0 Å². The molecule has 2 rings (SSSR count). The SMILES string of the molecule is Cc1ccoc1CSC[C@@H]1CC[C@H](N)C1. The first-order valence-electron chi connectivity index (χ1n) is 5.62. The summed E-state index contributed by atoms with van der Waals surface area (Å²) in [6, 6.07) is 2.49. The first-order chi connectivity index (χ1) is 7.25. The van der Waals surface area contributed by atoms with Gasteiger partial charge in [-0.3, -0.25) is 0 Å². The molecule has 2 N–H and O–H groups in total. The highest BCUT2D eigenvalue weighted by atomic mass is 32.2. The van der Waals surface area contributed by atoms with Gasteiger partial charge in [0.2, 0.25) is 0 Å². The lowest BCUT2D eigenvalue weighted by atomic mass is 10.1. The molecule has 0 unspecified atom stereocenters. The Hall–Kier alpha value is -0.410. The molecule has 1 aliphatic carbocycles. The van der Waals surface area contributed by atoms with Gasteiger partial charge in [-0.1, -0.05) is 0 Å². The lowest BCUT2D eigenvalue weighted by molar-refractivity contribution is 0.527. The number of furan rings is 1. The van der Waals surface area contributed by atoms with E-state index in [1.54, 1.807) is 6.26 Å². The third kappa shape index (κ3) is 3.02. The normalized spacial score (nSPS) is 26.0. The number of nitrogens with two attached hydrogens (primary N) is 1. The highest BCUT2D eigenvalue weighted by Crippen LogP contribution is 2.29. The predicted octanol–water partition coefficient (Wildman–Crippen LogP) is 2.95. The monoisotopic (exact) mass is 225 g/mol. The summed E-state index contributed by atoms with van der Waals surface area (Å²) in [5, 5.41) is 0. The van der Waals surface area contributed by atoms with Crippen LogP contribution < -0.4 is 5.73 Å². The molecule has 2 nitrogen and oxygen atoms in total. The number of thioether (sulfide) groups is 1. The molecule has 0 amide bonds. The summed E-state index contributed by atoms with van der Waals surface area (Å²) in [4.78, 5) is 0. The van der Waals surface area contributed by atoms with Crippen LogP contribution in [0.2, 0.25) is 0 Å². The average molecular weight is 225 g/mol.